The van der Waals surface area contributed by atoms with Crippen molar-refractivity contribution in [1.29, 1.82) is 5.26 Å². The zero-order valence-corrected chi connectivity index (χ0v) is 16.7. The summed E-state index contributed by atoms with van der Waals surface area (Å²) in [4.78, 5) is 8.16. The van der Waals surface area contributed by atoms with E-state index in [1.54, 1.807) is 6.07 Å². The fraction of sp³-hybridized carbons (Fsp3) is 0.250. The SMILES string of the molecule is CC(C)(C)c1cc(C#N)ccc1-c1nc(-c2ccc3[nH]c4c(c3c2)CC[CH]4)no1. The minimum absolute atomic E-state index is 0.155. The first-order chi connectivity index (χ1) is 13.9. The van der Waals surface area contributed by atoms with Crippen molar-refractivity contribution in [2.45, 2.75) is 39.0 Å². The minimum Gasteiger partial charge on any atom is -0.358 e. The van der Waals surface area contributed by atoms with Crippen LogP contribution in [-0.4, -0.2) is 15.1 Å². The van der Waals surface area contributed by atoms with Crippen LogP contribution in [-0.2, 0) is 11.8 Å². The normalized spacial score (nSPS) is 13.6. The van der Waals surface area contributed by atoms with E-state index in [0.717, 1.165) is 35.0 Å². The molecule has 143 valence electrons. The van der Waals surface area contributed by atoms with Crippen LogP contribution in [0.15, 0.2) is 40.9 Å². The highest BCUT2D eigenvalue weighted by atomic mass is 16.5. The van der Waals surface area contributed by atoms with E-state index >= 15 is 0 Å². The van der Waals surface area contributed by atoms with Crippen LogP contribution in [0.25, 0.3) is 33.7 Å². The number of aromatic nitrogens is 3. The molecular formula is C24H21N4O. The Morgan fingerprint density at radius 2 is 2.00 bits per heavy atom. The predicted molar refractivity (Wildman–Crippen MR) is 112 cm³/mol. The van der Waals surface area contributed by atoms with Crippen molar-refractivity contribution in [2.75, 3.05) is 0 Å². The fourth-order valence-electron chi connectivity index (χ4n) is 4.08. The van der Waals surface area contributed by atoms with E-state index in [-0.39, 0.29) is 5.41 Å². The number of benzene rings is 2. The van der Waals surface area contributed by atoms with E-state index in [1.165, 1.54) is 16.6 Å². The summed E-state index contributed by atoms with van der Waals surface area (Å²) in [6.45, 7) is 6.34. The Kier molecular flexibility index (Phi) is 3.85. The molecule has 0 fully saturated rings. The zero-order chi connectivity index (χ0) is 20.2. The van der Waals surface area contributed by atoms with Crippen LogP contribution < -0.4 is 0 Å². The largest absolute Gasteiger partial charge is 0.358 e. The van der Waals surface area contributed by atoms with Gasteiger partial charge < -0.3 is 9.51 Å². The summed E-state index contributed by atoms with van der Waals surface area (Å²) in [7, 11) is 0. The molecule has 1 aliphatic rings. The Labute approximate surface area is 169 Å². The lowest BCUT2D eigenvalue weighted by molar-refractivity contribution is 0.430. The van der Waals surface area contributed by atoms with Crippen LogP contribution in [0, 0.1) is 17.8 Å². The van der Waals surface area contributed by atoms with Crippen LogP contribution in [0.4, 0.5) is 0 Å². The Morgan fingerprint density at radius 1 is 1.14 bits per heavy atom. The molecule has 5 heteroatoms. The third kappa shape index (κ3) is 2.92. The zero-order valence-electron chi connectivity index (χ0n) is 16.7. The summed E-state index contributed by atoms with van der Waals surface area (Å²) in [5.41, 5.74) is 7.04. The molecule has 0 aliphatic heterocycles. The molecule has 5 rings (SSSR count). The van der Waals surface area contributed by atoms with E-state index in [2.05, 4.69) is 60.5 Å². The average Bonchev–Trinajstić information content (AvgIpc) is 3.42. The Balaban J connectivity index is 1.58. The molecule has 0 bridgehead atoms. The van der Waals surface area contributed by atoms with E-state index < -0.39 is 0 Å². The molecule has 4 aromatic rings. The van der Waals surface area contributed by atoms with Crippen LogP contribution in [0.5, 0.6) is 0 Å². The lowest BCUT2D eigenvalue weighted by Gasteiger charge is -2.21. The third-order valence-electron chi connectivity index (χ3n) is 5.55. The molecule has 1 aliphatic carbocycles. The first kappa shape index (κ1) is 17.7. The van der Waals surface area contributed by atoms with Gasteiger partial charge in [-0.15, -0.1) is 0 Å². The molecule has 0 saturated heterocycles. The second-order valence-corrected chi connectivity index (χ2v) is 8.57. The van der Waals surface area contributed by atoms with Gasteiger partial charge in [-0.3, -0.25) is 0 Å². The molecule has 1 N–H and O–H groups in total. The molecule has 1 radical (unpaired) electrons. The number of nitriles is 1. The van der Waals surface area contributed by atoms with Gasteiger partial charge in [-0.25, -0.2) is 0 Å². The topological polar surface area (TPSA) is 78.5 Å². The van der Waals surface area contributed by atoms with Gasteiger partial charge in [0.25, 0.3) is 5.89 Å². The van der Waals surface area contributed by atoms with Crippen molar-refractivity contribution in [3.8, 4) is 28.9 Å². The molecule has 0 unspecified atom stereocenters. The number of nitrogens with one attached hydrogen (secondary N) is 1. The van der Waals surface area contributed by atoms with E-state index in [4.69, 9.17) is 4.52 Å². The van der Waals surface area contributed by atoms with Gasteiger partial charge in [-0.2, -0.15) is 10.2 Å². The summed E-state index contributed by atoms with van der Waals surface area (Å²) >= 11 is 0. The van der Waals surface area contributed by atoms with Gasteiger partial charge in [0.15, 0.2) is 0 Å². The molecule has 0 amide bonds. The van der Waals surface area contributed by atoms with Gasteiger partial charge in [0, 0.05) is 34.1 Å². The van der Waals surface area contributed by atoms with Gasteiger partial charge in [0.1, 0.15) is 0 Å². The van der Waals surface area contributed by atoms with Crippen LogP contribution in [0.3, 0.4) is 0 Å². The molecule has 2 heterocycles. The summed E-state index contributed by atoms with van der Waals surface area (Å²) in [5.74, 6) is 1.05. The second kappa shape index (κ2) is 6.31. The molecule has 0 atom stereocenters. The molecule has 0 spiro atoms. The number of rotatable bonds is 2. The smallest absolute Gasteiger partial charge is 0.258 e. The number of nitrogens with zero attached hydrogens (tertiary/aromatic N) is 3. The standard InChI is InChI=1S/C24H21N4O/c1-24(2,3)19-11-14(13-25)7-9-17(19)23-27-22(28-29-23)15-8-10-21-18(12-15)16-5-4-6-20(16)26-21/h6-12,26H,4-5H2,1-3H3. The van der Waals surface area contributed by atoms with Crippen molar-refractivity contribution < 1.29 is 4.52 Å². The van der Waals surface area contributed by atoms with E-state index in [9.17, 15) is 5.26 Å². The average molecular weight is 381 g/mol. The summed E-state index contributed by atoms with van der Waals surface area (Å²) < 4.78 is 5.64. The highest BCUT2D eigenvalue weighted by molar-refractivity contribution is 5.89. The lowest BCUT2D eigenvalue weighted by Crippen LogP contribution is -2.13. The Morgan fingerprint density at radius 3 is 2.79 bits per heavy atom. The maximum atomic E-state index is 9.27. The van der Waals surface area contributed by atoms with E-state index in [0.29, 0.717) is 17.3 Å². The van der Waals surface area contributed by atoms with Crippen molar-refractivity contribution in [1.82, 2.24) is 15.1 Å². The van der Waals surface area contributed by atoms with Gasteiger partial charge in [0.05, 0.1) is 11.6 Å². The number of hydrogen-bond acceptors (Lipinski definition) is 4. The summed E-state index contributed by atoms with van der Waals surface area (Å²) in [6.07, 6.45) is 4.40. The van der Waals surface area contributed by atoms with Crippen molar-refractivity contribution in [3.63, 3.8) is 0 Å². The number of aryl methyl sites for hydroxylation is 1. The van der Waals surface area contributed by atoms with Gasteiger partial charge in [0.2, 0.25) is 5.82 Å². The van der Waals surface area contributed by atoms with Crippen molar-refractivity contribution in [3.05, 3.63) is 65.2 Å². The maximum absolute atomic E-state index is 9.27. The van der Waals surface area contributed by atoms with Crippen LogP contribution in [0.1, 0.15) is 49.6 Å². The first-order valence-electron chi connectivity index (χ1n) is 9.81. The third-order valence-corrected chi connectivity index (χ3v) is 5.55. The lowest BCUT2D eigenvalue weighted by atomic mass is 9.83. The minimum atomic E-state index is -0.155. The van der Waals surface area contributed by atoms with Gasteiger partial charge in [-0.05, 0) is 65.8 Å². The summed E-state index contributed by atoms with van der Waals surface area (Å²) in [5, 5.41) is 14.7. The highest BCUT2D eigenvalue weighted by Crippen LogP contribution is 2.36. The summed E-state index contributed by atoms with van der Waals surface area (Å²) in [6, 6.07) is 14.0. The van der Waals surface area contributed by atoms with E-state index in [1.807, 2.05) is 18.2 Å². The molecule has 0 saturated carbocycles. The number of hydrogen-bond donors (Lipinski definition) is 1. The molecule has 2 aromatic heterocycles. The molecule has 2 aromatic carbocycles. The Bertz CT molecular complexity index is 1280. The second-order valence-electron chi connectivity index (χ2n) is 8.57. The molecule has 5 nitrogen and oxygen atoms in total. The van der Waals surface area contributed by atoms with Crippen LogP contribution >= 0.6 is 0 Å². The number of H-pyrrole nitrogens is 1. The fourth-order valence-corrected chi connectivity index (χ4v) is 4.08. The van der Waals surface area contributed by atoms with Crippen LogP contribution in [0.2, 0.25) is 0 Å². The molecular weight excluding hydrogens is 360 g/mol. The van der Waals surface area contributed by atoms with Crippen molar-refractivity contribution in [2.24, 2.45) is 0 Å². The Hall–Kier alpha value is -3.39. The van der Waals surface area contributed by atoms with Gasteiger partial charge in [-0.1, -0.05) is 25.9 Å². The maximum Gasteiger partial charge on any atom is 0.258 e. The number of aromatic amines is 1. The molecule has 29 heavy (non-hydrogen) atoms. The monoisotopic (exact) mass is 381 g/mol. The quantitative estimate of drug-likeness (QED) is 0.493. The predicted octanol–water partition coefficient (Wildman–Crippen LogP) is 5.55. The highest BCUT2D eigenvalue weighted by Gasteiger charge is 2.23. The first-order valence-corrected chi connectivity index (χ1v) is 9.81. The van der Waals surface area contributed by atoms with Crippen molar-refractivity contribution >= 4 is 10.9 Å². The van der Waals surface area contributed by atoms with Gasteiger partial charge >= 0.3 is 0 Å². The number of fused-ring (bicyclic) bond motifs is 3.